The standard InChI is InChI=1S/C14H24O2/c15-13-10-6-3-7-11-14(13,16)12-8-4-1-2-5-9-12/h8,13,15-16H,1-7,9-11H2. The summed E-state index contributed by atoms with van der Waals surface area (Å²) in [5, 5.41) is 20.9. The molecule has 2 nitrogen and oxygen atoms in total. The molecule has 0 amide bonds. The molecule has 2 aliphatic carbocycles. The molecule has 2 aliphatic rings. The fraction of sp³-hybridized carbons (Fsp3) is 0.857. The third-order valence-corrected chi connectivity index (χ3v) is 4.18. The Balaban J connectivity index is 2.16. The Morgan fingerprint density at radius 3 is 2.75 bits per heavy atom. The van der Waals surface area contributed by atoms with Gasteiger partial charge in [0.25, 0.3) is 0 Å². The van der Waals surface area contributed by atoms with Crippen LogP contribution in [0.4, 0.5) is 0 Å². The van der Waals surface area contributed by atoms with E-state index in [4.69, 9.17) is 0 Å². The van der Waals surface area contributed by atoms with Gasteiger partial charge in [-0.05, 0) is 44.1 Å². The van der Waals surface area contributed by atoms with Gasteiger partial charge in [0.2, 0.25) is 0 Å². The minimum absolute atomic E-state index is 0.542. The van der Waals surface area contributed by atoms with Crippen LogP contribution in [0.1, 0.15) is 64.2 Å². The quantitative estimate of drug-likeness (QED) is 0.531. The summed E-state index contributed by atoms with van der Waals surface area (Å²) in [6.07, 6.45) is 12.1. The lowest BCUT2D eigenvalue weighted by atomic mass is 9.81. The Morgan fingerprint density at radius 1 is 1.06 bits per heavy atom. The van der Waals surface area contributed by atoms with Crippen molar-refractivity contribution in [2.45, 2.75) is 75.9 Å². The fourth-order valence-corrected chi connectivity index (χ4v) is 3.10. The Labute approximate surface area is 98.4 Å². The molecule has 2 atom stereocenters. The first kappa shape index (κ1) is 12.1. The van der Waals surface area contributed by atoms with E-state index in [1.807, 2.05) is 0 Å². The Bertz CT molecular complexity index is 259. The zero-order valence-electron chi connectivity index (χ0n) is 10.1. The van der Waals surface area contributed by atoms with Gasteiger partial charge in [0.05, 0.1) is 6.10 Å². The van der Waals surface area contributed by atoms with Crippen molar-refractivity contribution in [3.63, 3.8) is 0 Å². The molecular weight excluding hydrogens is 200 g/mol. The molecule has 16 heavy (non-hydrogen) atoms. The number of hydrogen-bond donors (Lipinski definition) is 2. The Hall–Kier alpha value is -0.340. The van der Waals surface area contributed by atoms with Crippen LogP contribution in [0.25, 0.3) is 0 Å². The van der Waals surface area contributed by atoms with Gasteiger partial charge in [-0.1, -0.05) is 31.8 Å². The van der Waals surface area contributed by atoms with Gasteiger partial charge in [-0.2, -0.15) is 0 Å². The fourth-order valence-electron chi connectivity index (χ4n) is 3.10. The zero-order valence-corrected chi connectivity index (χ0v) is 10.1. The molecule has 0 heterocycles. The summed E-state index contributed by atoms with van der Waals surface area (Å²) in [7, 11) is 0. The summed E-state index contributed by atoms with van der Waals surface area (Å²) >= 11 is 0. The summed E-state index contributed by atoms with van der Waals surface area (Å²) in [4.78, 5) is 0. The van der Waals surface area contributed by atoms with Crippen molar-refractivity contribution >= 4 is 0 Å². The van der Waals surface area contributed by atoms with Crippen LogP contribution in [-0.4, -0.2) is 21.9 Å². The molecule has 0 aromatic heterocycles. The van der Waals surface area contributed by atoms with Gasteiger partial charge in [0, 0.05) is 0 Å². The molecule has 0 aromatic carbocycles. The first-order chi connectivity index (χ1) is 7.73. The van der Waals surface area contributed by atoms with E-state index < -0.39 is 11.7 Å². The van der Waals surface area contributed by atoms with Gasteiger partial charge < -0.3 is 10.2 Å². The molecule has 0 radical (unpaired) electrons. The second-order valence-corrected chi connectivity index (χ2v) is 5.37. The van der Waals surface area contributed by atoms with E-state index in [1.54, 1.807) is 0 Å². The molecule has 2 N–H and O–H groups in total. The highest BCUT2D eigenvalue weighted by atomic mass is 16.3. The molecule has 2 heteroatoms. The topological polar surface area (TPSA) is 40.5 Å². The van der Waals surface area contributed by atoms with Crippen molar-refractivity contribution in [2.24, 2.45) is 0 Å². The monoisotopic (exact) mass is 224 g/mol. The summed E-state index contributed by atoms with van der Waals surface area (Å²) in [5.74, 6) is 0. The number of hydrogen-bond acceptors (Lipinski definition) is 2. The minimum Gasteiger partial charge on any atom is -0.390 e. The van der Waals surface area contributed by atoms with Crippen molar-refractivity contribution in [1.29, 1.82) is 0 Å². The van der Waals surface area contributed by atoms with Crippen LogP contribution in [-0.2, 0) is 0 Å². The average molecular weight is 224 g/mol. The predicted molar refractivity (Wildman–Crippen MR) is 65.2 cm³/mol. The van der Waals surface area contributed by atoms with E-state index in [9.17, 15) is 10.2 Å². The van der Waals surface area contributed by atoms with E-state index in [2.05, 4.69) is 6.08 Å². The molecule has 0 aromatic rings. The third kappa shape index (κ3) is 2.49. The van der Waals surface area contributed by atoms with Crippen molar-refractivity contribution in [1.82, 2.24) is 0 Å². The molecule has 2 unspecified atom stereocenters. The van der Waals surface area contributed by atoms with Gasteiger partial charge in [-0.25, -0.2) is 0 Å². The van der Waals surface area contributed by atoms with Crippen LogP contribution in [0.2, 0.25) is 0 Å². The second kappa shape index (κ2) is 5.33. The van der Waals surface area contributed by atoms with E-state index in [0.29, 0.717) is 0 Å². The number of aliphatic hydroxyl groups is 2. The maximum atomic E-state index is 10.8. The third-order valence-electron chi connectivity index (χ3n) is 4.18. The Morgan fingerprint density at radius 2 is 1.88 bits per heavy atom. The summed E-state index contributed by atoms with van der Waals surface area (Å²) in [6.45, 7) is 0. The number of aliphatic hydroxyl groups excluding tert-OH is 1. The first-order valence-corrected chi connectivity index (χ1v) is 6.83. The molecule has 0 aliphatic heterocycles. The van der Waals surface area contributed by atoms with Crippen molar-refractivity contribution < 1.29 is 10.2 Å². The average Bonchev–Trinajstić information content (AvgIpc) is 2.63. The van der Waals surface area contributed by atoms with Gasteiger partial charge in [0.1, 0.15) is 5.60 Å². The summed E-state index contributed by atoms with van der Waals surface area (Å²) in [6, 6.07) is 0. The second-order valence-electron chi connectivity index (χ2n) is 5.37. The van der Waals surface area contributed by atoms with Crippen LogP contribution in [0, 0.1) is 0 Å². The molecule has 0 bridgehead atoms. The normalized spacial score (nSPS) is 37.4. The van der Waals surface area contributed by atoms with Gasteiger partial charge in [-0.15, -0.1) is 0 Å². The molecule has 1 saturated carbocycles. The molecule has 0 spiro atoms. The van der Waals surface area contributed by atoms with E-state index >= 15 is 0 Å². The van der Waals surface area contributed by atoms with Gasteiger partial charge in [0.15, 0.2) is 0 Å². The highest BCUT2D eigenvalue weighted by Crippen LogP contribution is 2.37. The summed E-state index contributed by atoms with van der Waals surface area (Å²) < 4.78 is 0. The number of allylic oxidation sites excluding steroid dienone is 1. The van der Waals surface area contributed by atoms with Crippen LogP contribution < -0.4 is 0 Å². The van der Waals surface area contributed by atoms with Gasteiger partial charge in [-0.3, -0.25) is 0 Å². The molecular formula is C14H24O2. The molecule has 92 valence electrons. The lowest BCUT2D eigenvalue weighted by molar-refractivity contribution is -0.0536. The predicted octanol–water partition coefficient (Wildman–Crippen LogP) is 2.93. The zero-order chi connectivity index (χ0) is 11.4. The SMILES string of the molecule is OC1CCCCCC1(O)C1=CCCCCC1. The first-order valence-electron chi connectivity index (χ1n) is 6.83. The molecule has 1 fully saturated rings. The lowest BCUT2D eigenvalue weighted by Crippen LogP contribution is -2.43. The van der Waals surface area contributed by atoms with E-state index in [-0.39, 0.29) is 0 Å². The van der Waals surface area contributed by atoms with E-state index in [0.717, 1.165) is 50.5 Å². The van der Waals surface area contributed by atoms with Gasteiger partial charge >= 0.3 is 0 Å². The Kier molecular flexibility index (Phi) is 4.04. The van der Waals surface area contributed by atoms with Crippen molar-refractivity contribution in [3.05, 3.63) is 11.6 Å². The van der Waals surface area contributed by atoms with Crippen molar-refractivity contribution in [3.8, 4) is 0 Å². The highest BCUT2D eigenvalue weighted by molar-refractivity contribution is 5.20. The smallest absolute Gasteiger partial charge is 0.111 e. The largest absolute Gasteiger partial charge is 0.390 e. The van der Waals surface area contributed by atoms with Crippen LogP contribution in [0.5, 0.6) is 0 Å². The van der Waals surface area contributed by atoms with Crippen LogP contribution in [0.3, 0.4) is 0 Å². The molecule has 2 rings (SSSR count). The minimum atomic E-state index is -0.902. The number of rotatable bonds is 1. The van der Waals surface area contributed by atoms with E-state index in [1.165, 1.54) is 19.3 Å². The maximum Gasteiger partial charge on any atom is 0.111 e. The highest BCUT2D eigenvalue weighted by Gasteiger charge is 2.39. The lowest BCUT2D eigenvalue weighted by Gasteiger charge is -2.34. The van der Waals surface area contributed by atoms with Crippen molar-refractivity contribution in [2.75, 3.05) is 0 Å². The van der Waals surface area contributed by atoms with Crippen LogP contribution >= 0.6 is 0 Å². The molecule has 0 saturated heterocycles. The van der Waals surface area contributed by atoms with Crippen LogP contribution in [0.15, 0.2) is 11.6 Å². The summed E-state index contributed by atoms with van der Waals surface area (Å²) in [5.41, 5.74) is 0.223. The maximum absolute atomic E-state index is 10.8.